The topological polar surface area (TPSA) is 42.5 Å². The number of hydrogen-bond acceptors (Lipinski definition) is 4. The van der Waals surface area contributed by atoms with Crippen molar-refractivity contribution in [1.29, 1.82) is 0 Å². The second kappa shape index (κ2) is 6.48. The molecule has 108 valence electrons. The molecule has 0 aromatic rings. The van der Waals surface area contributed by atoms with Gasteiger partial charge in [0.25, 0.3) is 0 Å². The van der Waals surface area contributed by atoms with Crippen LogP contribution in [0.3, 0.4) is 0 Å². The van der Waals surface area contributed by atoms with Gasteiger partial charge in [-0.15, -0.1) is 0 Å². The number of nitrogens with one attached hydrogen (secondary N) is 2. The fourth-order valence-electron chi connectivity index (χ4n) is 2.61. The molecule has 0 aromatic carbocycles. The summed E-state index contributed by atoms with van der Waals surface area (Å²) in [6, 6.07) is 0.500. The van der Waals surface area contributed by atoms with Gasteiger partial charge in [-0.3, -0.25) is 9.96 Å². The van der Waals surface area contributed by atoms with E-state index in [1.54, 1.807) is 14.2 Å². The minimum absolute atomic E-state index is 0.0247. The third kappa shape index (κ3) is 4.62. The first kappa shape index (κ1) is 16.1. The Bertz CT molecular complexity index is 252. The van der Waals surface area contributed by atoms with Gasteiger partial charge in [0.05, 0.1) is 0 Å². The maximum atomic E-state index is 5.71. The van der Waals surface area contributed by atoms with Crippen LogP contribution in [0.4, 0.5) is 0 Å². The van der Waals surface area contributed by atoms with E-state index in [4.69, 9.17) is 8.85 Å². The third-order valence-corrected chi connectivity index (χ3v) is 6.58. The molecule has 1 fully saturated rings. The molecule has 0 aliphatic heterocycles. The lowest BCUT2D eigenvalue weighted by Crippen LogP contribution is -2.73. The lowest BCUT2D eigenvalue weighted by Gasteiger charge is -2.40. The molecule has 0 radical (unpaired) electrons. The molecule has 0 bridgehead atoms. The maximum absolute atomic E-state index is 5.71. The Kier molecular flexibility index (Phi) is 5.80. The van der Waals surface area contributed by atoms with Crippen molar-refractivity contribution in [2.75, 3.05) is 14.2 Å². The SMILES string of the molecule is CO[Si](NC1CCCCC1C)(NC(C)(C)C)OC. The molecule has 1 saturated carbocycles. The zero-order chi connectivity index (χ0) is 13.8. The fourth-order valence-corrected chi connectivity index (χ4v) is 5.19. The van der Waals surface area contributed by atoms with Crippen LogP contribution >= 0.6 is 0 Å². The van der Waals surface area contributed by atoms with Gasteiger partial charge in [-0.1, -0.05) is 19.8 Å². The van der Waals surface area contributed by atoms with Gasteiger partial charge in [-0.25, -0.2) is 0 Å². The molecule has 1 aliphatic rings. The van der Waals surface area contributed by atoms with E-state index in [-0.39, 0.29) is 5.54 Å². The maximum Gasteiger partial charge on any atom is 0.517 e. The first-order valence-electron chi connectivity index (χ1n) is 6.99. The largest absolute Gasteiger partial charge is 0.517 e. The van der Waals surface area contributed by atoms with Gasteiger partial charge in [0, 0.05) is 25.8 Å². The first-order chi connectivity index (χ1) is 8.32. The molecule has 5 heteroatoms. The lowest BCUT2D eigenvalue weighted by atomic mass is 9.87. The summed E-state index contributed by atoms with van der Waals surface area (Å²) in [6.45, 7) is 8.73. The summed E-state index contributed by atoms with van der Waals surface area (Å²) in [5.74, 6) is 0.692. The standard InChI is InChI=1S/C13H30N2O2Si/c1-11-9-7-8-10-12(11)14-18(16-5,17-6)15-13(2,3)4/h11-12,14-15H,7-10H2,1-6H3. The van der Waals surface area contributed by atoms with Crippen LogP contribution in [-0.2, 0) is 8.85 Å². The van der Waals surface area contributed by atoms with Crippen molar-refractivity contribution < 1.29 is 8.85 Å². The van der Waals surface area contributed by atoms with Gasteiger partial charge in [-0.05, 0) is 39.5 Å². The van der Waals surface area contributed by atoms with Crippen molar-refractivity contribution >= 4 is 8.88 Å². The monoisotopic (exact) mass is 274 g/mol. The Hall–Kier alpha value is 0.0569. The highest BCUT2D eigenvalue weighted by atomic mass is 28.4. The van der Waals surface area contributed by atoms with Gasteiger partial charge in [0.1, 0.15) is 0 Å². The van der Waals surface area contributed by atoms with E-state index in [1.807, 2.05) is 0 Å². The Morgan fingerprint density at radius 1 is 1.06 bits per heavy atom. The Balaban J connectivity index is 2.71. The second-order valence-electron chi connectivity index (χ2n) is 6.41. The van der Waals surface area contributed by atoms with Crippen LogP contribution in [0.25, 0.3) is 0 Å². The van der Waals surface area contributed by atoms with Crippen molar-refractivity contribution in [3.63, 3.8) is 0 Å². The van der Waals surface area contributed by atoms with E-state index in [1.165, 1.54) is 25.7 Å². The minimum atomic E-state index is -2.51. The molecule has 0 heterocycles. The summed E-state index contributed by atoms with van der Waals surface area (Å²) in [5, 5.41) is 0. The van der Waals surface area contributed by atoms with Gasteiger partial charge < -0.3 is 8.85 Å². The highest BCUT2D eigenvalue weighted by Gasteiger charge is 2.44. The summed E-state index contributed by atoms with van der Waals surface area (Å²) in [5.41, 5.74) is -0.0247. The van der Waals surface area contributed by atoms with Crippen LogP contribution in [-0.4, -0.2) is 34.7 Å². The van der Waals surface area contributed by atoms with E-state index in [0.29, 0.717) is 12.0 Å². The predicted molar refractivity (Wildman–Crippen MR) is 77.2 cm³/mol. The van der Waals surface area contributed by atoms with Crippen molar-refractivity contribution in [1.82, 2.24) is 9.96 Å². The quantitative estimate of drug-likeness (QED) is 0.755. The number of hydrogen-bond donors (Lipinski definition) is 2. The molecule has 0 aromatic heterocycles. The lowest BCUT2D eigenvalue weighted by molar-refractivity contribution is 0.176. The summed E-state index contributed by atoms with van der Waals surface area (Å²) >= 11 is 0. The molecule has 1 aliphatic carbocycles. The summed E-state index contributed by atoms with van der Waals surface area (Å²) in [4.78, 5) is 7.18. The molecule has 2 N–H and O–H groups in total. The van der Waals surface area contributed by atoms with E-state index in [2.05, 4.69) is 37.7 Å². The van der Waals surface area contributed by atoms with Gasteiger partial charge in [-0.2, -0.15) is 0 Å². The summed E-state index contributed by atoms with van der Waals surface area (Å²) in [6.07, 6.45) is 5.16. The van der Waals surface area contributed by atoms with Gasteiger partial charge in [0.2, 0.25) is 0 Å². The van der Waals surface area contributed by atoms with Crippen molar-refractivity contribution in [3.8, 4) is 0 Å². The first-order valence-corrected chi connectivity index (χ1v) is 8.81. The van der Waals surface area contributed by atoms with Crippen LogP contribution in [0, 0.1) is 5.92 Å². The molecule has 18 heavy (non-hydrogen) atoms. The van der Waals surface area contributed by atoms with E-state index < -0.39 is 8.88 Å². The summed E-state index contributed by atoms with van der Waals surface area (Å²) in [7, 11) is 0.954. The smallest absolute Gasteiger partial charge is 0.374 e. The van der Waals surface area contributed by atoms with E-state index >= 15 is 0 Å². The second-order valence-corrected chi connectivity index (χ2v) is 9.00. The molecular weight excluding hydrogens is 244 g/mol. The molecule has 2 unspecified atom stereocenters. The van der Waals surface area contributed by atoms with Crippen LogP contribution in [0.5, 0.6) is 0 Å². The normalized spacial score (nSPS) is 26.3. The van der Waals surface area contributed by atoms with Crippen LogP contribution in [0.2, 0.25) is 0 Å². The minimum Gasteiger partial charge on any atom is -0.374 e. The zero-order valence-corrected chi connectivity index (χ0v) is 13.8. The third-order valence-electron chi connectivity index (χ3n) is 3.60. The van der Waals surface area contributed by atoms with Gasteiger partial charge in [0.15, 0.2) is 0 Å². The molecule has 0 amide bonds. The molecule has 0 saturated heterocycles. The van der Waals surface area contributed by atoms with Crippen molar-refractivity contribution in [3.05, 3.63) is 0 Å². The molecule has 2 atom stereocenters. The van der Waals surface area contributed by atoms with E-state index in [9.17, 15) is 0 Å². The average molecular weight is 274 g/mol. The summed E-state index contributed by atoms with van der Waals surface area (Å²) < 4.78 is 11.4. The molecule has 1 rings (SSSR count). The predicted octanol–water partition coefficient (Wildman–Crippen LogP) is 2.27. The van der Waals surface area contributed by atoms with Crippen molar-refractivity contribution in [2.24, 2.45) is 5.92 Å². The van der Waals surface area contributed by atoms with Crippen LogP contribution < -0.4 is 9.96 Å². The molecular formula is C13H30N2O2Si. The van der Waals surface area contributed by atoms with Crippen molar-refractivity contribution in [2.45, 2.75) is 65.0 Å². The zero-order valence-electron chi connectivity index (χ0n) is 12.8. The Morgan fingerprint density at radius 3 is 2.06 bits per heavy atom. The fraction of sp³-hybridized carbons (Fsp3) is 1.00. The van der Waals surface area contributed by atoms with E-state index in [0.717, 1.165) is 0 Å². The van der Waals surface area contributed by atoms with Crippen LogP contribution in [0.15, 0.2) is 0 Å². The van der Waals surface area contributed by atoms with Crippen LogP contribution in [0.1, 0.15) is 53.4 Å². The van der Waals surface area contributed by atoms with Gasteiger partial charge >= 0.3 is 8.88 Å². The Morgan fingerprint density at radius 2 is 1.61 bits per heavy atom. The average Bonchev–Trinajstić information content (AvgIpc) is 2.29. The molecule has 0 spiro atoms. The number of rotatable bonds is 5. The molecule has 4 nitrogen and oxygen atoms in total. The highest BCUT2D eigenvalue weighted by Crippen LogP contribution is 2.25. The highest BCUT2D eigenvalue weighted by molar-refractivity contribution is 6.62. The Labute approximate surface area is 113 Å².